The zero-order valence-electron chi connectivity index (χ0n) is 10.3. The smallest absolute Gasteiger partial charge is 0.312 e. The van der Waals surface area contributed by atoms with Crippen molar-refractivity contribution in [3.8, 4) is 0 Å². The van der Waals surface area contributed by atoms with E-state index >= 15 is 0 Å². The van der Waals surface area contributed by atoms with Gasteiger partial charge in [-0.2, -0.15) is 0 Å². The Morgan fingerprint density at radius 2 is 2.12 bits per heavy atom. The fourth-order valence-electron chi connectivity index (χ4n) is 1.59. The maximum Gasteiger partial charge on any atom is 0.312 e. The molecule has 0 saturated carbocycles. The second-order valence-electron chi connectivity index (χ2n) is 4.02. The molecule has 0 aromatic heterocycles. The molecule has 0 radical (unpaired) electrons. The van der Waals surface area contributed by atoms with Crippen LogP contribution in [0.2, 0.25) is 0 Å². The van der Waals surface area contributed by atoms with E-state index in [0.717, 1.165) is 0 Å². The average Bonchev–Trinajstić information content (AvgIpc) is 2.74. The molecular weight excluding hydrogens is 222 g/mol. The molecule has 0 amide bonds. The van der Waals surface area contributed by atoms with E-state index in [9.17, 15) is 4.79 Å². The Balaban J connectivity index is 1.96. The molecule has 0 fully saturated rings. The SMILES string of the molecule is COCCOCCCOC(=O)C1C=CC(N)C1. The monoisotopic (exact) mass is 243 g/mol. The van der Waals surface area contributed by atoms with Crippen LogP contribution >= 0.6 is 0 Å². The van der Waals surface area contributed by atoms with E-state index in [0.29, 0.717) is 39.3 Å². The van der Waals surface area contributed by atoms with Gasteiger partial charge in [0.05, 0.1) is 25.7 Å². The summed E-state index contributed by atoms with van der Waals surface area (Å²) in [7, 11) is 1.63. The minimum atomic E-state index is -0.189. The lowest BCUT2D eigenvalue weighted by Gasteiger charge is -2.09. The van der Waals surface area contributed by atoms with Crippen molar-refractivity contribution in [3.05, 3.63) is 12.2 Å². The maximum absolute atomic E-state index is 11.5. The third kappa shape index (κ3) is 5.81. The van der Waals surface area contributed by atoms with Gasteiger partial charge in [0, 0.05) is 26.2 Å². The van der Waals surface area contributed by atoms with Gasteiger partial charge in [-0.1, -0.05) is 12.2 Å². The molecule has 0 aromatic carbocycles. The summed E-state index contributed by atoms with van der Waals surface area (Å²) in [6, 6.07) is -0.00933. The molecule has 2 N–H and O–H groups in total. The lowest BCUT2D eigenvalue weighted by molar-refractivity contribution is -0.147. The maximum atomic E-state index is 11.5. The fourth-order valence-corrected chi connectivity index (χ4v) is 1.59. The molecule has 1 aliphatic rings. The second-order valence-corrected chi connectivity index (χ2v) is 4.02. The van der Waals surface area contributed by atoms with Gasteiger partial charge in [0.1, 0.15) is 0 Å². The van der Waals surface area contributed by atoms with Crippen molar-refractivity contribution in [2.24, 2.45) is 11.7 Å². The highest BCUT2D eigenvalue weighted by molar-refractivity contribution is 5.75. The summed E-state index contributed by atoms with van der Waals surface area (Å²) in [6.07, 6.45) is 5.03. The molecule has 1 rings (SSSR count). The fraction of sp³-hybridized carbons (Fsp3) is 0.750. The minimum absolute atomic E-state index is 0.00933. The van der Waals surface area contributed by atoms with Crippen LogP contribution in [0.4, 0.5) is 0 Å². The first-order valence-corrected chi connectivity index (χ1v) is 5.91. The van der Waals surface area contributed by atoms with Crippen molar-refractivity contribution in [1.29, 1.82) is 0 Å². The van der Waals surface area contributed by atoms with Gasteiger partial charge in [-0.15, -0.1) is 0 Å². The molecule has 0 heterocycles. The average molecular weight is 243 g/mol. The van der Waals surface area contributed by atoms with E-state index in [1.165, 1.54) is 0 Å². The largest absolute Gasteiger partial charge is 0.465 e. The van der Waals surface area contributed by atoms with Crippen LogP contribution in [0.25, 0.3) is 0 Å². The van der Waals surface area contributed by atoms with Gasteiger partial charge in [-0.25, -0.2) is 0 Å². The van der Waals surface area contributed by atoms with Gasteiger partial charge in [0.2, 0.25) is 0 Å². The highest BCUT2D eigenvalue weighted by Crippen LogP contribution is 2.17. The summed E-state index contributed by atoms with van der Waals surface area (Å²) < 4.78 is 15.2. The van der Waals surface area contributed by atoms with Crippen LogP contribution < -0.4 is 5.73 Å². The van der Waals surface area contributed by atoms with E-state index in [2.05, 4.69) is 0 Å². The predicted octanol–water partition coefficient (Wildman–Crippen LogP) is 0.486. The van der Waals surface area contributed by atoms with Gasteiger partial charge < -0.3 is 19.9 Å². The number of hydrogen-bond donors (Lipinski definition) is 1. The summed E-state index contributed by atoms with van der Waals surface area (Å²) in [6.45, 7) is 2.14. The molecule has 1 aliphatic carbocycles. The lowest BCUT2D eigenvalue weighted by atomic mass is 10.1. The van der Waals surface area contributed by atoms with E-state index < -0.39 is 0 Å². The van der Waals surface area contributed by atoms with Crippen LogP contribution in [0, 0.1) is 5.92 Å². The van der Waals surface area contributed by atoms with Gasteiger partial charge in [0.15, 0.2) is 0 Å². The number of rotatable bonds is 8. The predicted molar refractivity (Wildman–Crippen MR) is 63.5 cm³/mol. The van der Waals surface area contributed by atoms with Crippen molar-refractivity contribution in [2.75, 3.05) is 33.5 Å². The molecule has 5 heteroatoms. The van der Waals surface area contributed by atoms with Crippen molar-refractivity contribution in [1.82, 2.24) is 0 Å². The van der Waals surface area contributed by atoms with Gasteiger partial charge in [-0.3, -0.25) is 4.79 Å². The van der Waals surface area contributed by atoms with Gasteiger partial charge in [0.25, 0.3) is 0 Å². The number of ether oxygens (including phenoxy) is 3. The topological polar surface area (TPSA) is 70.8 Å². The zero-order chi connectivity index (χ0) is 12.5. The molecular formula is C12H21NO4. The molecule has 0 spiro atoms. The zero-order valence-corrected chi connectivity index (χ0v) is 10.3. The number of esters is 1. The van der Waals surface area contributed by atoms with Crippen LogP contribution in [0.5, 0.6) is 0 Å². The normalized spacial score (nSPS) is 22.9. The Morgan fingerprint density at radius 3 is 2.76 bits per heavy atom. The van der Waals surface area contributed by atoms with Crippen LogP contribution in [0.1, 0.15) is 12.8 Å². The summed E-state index contributed by atoms with van der Waals surface area (Å²) in [4.78, 5) is 11.5. The first kappa shape index (κ1) is 14.2. The first-order valence-electron chi connectivity index (χ1n) is 5.91. The van der Waals surface area contributed by atoms with Crippen LogP contribution in [0.3, 0.4) is 0 Å². The number of carbonyl (C=O) groups excluding carboxylic acids is 1. The number of methoxy groups -OCH3 is 1. The standard InChI is InChI=1S/C12H21NO4/c1-15-7-8-16-5-2-6-17-12(14)10-3-4-11(13)9-10/h3-4,10-11H,2,5-9,13H2,1H3. The molecule has 17 heavy (non-hydrogen) atoms. The Bertz CT molecular complexity index is 255. The molecule has 2 unspecified atom stereocenters. The van der Waals surface area contributed by atoms with E-state index in [1.807, 2.05) is 12.2 Å². The van der Waals surface area contributed by atoms with Crippen LogP contribution in [-0.4, -0.2) is 45.5 Å². The molecule has 0 aromatic rings. The molecule has 2 atom stereocenters. The first-order chi connectivity index (χ1) is 8.24. The number of nitrogens with two attached hydrogens (primary N) is 1. The lowest BCUT2D eigenvalue weighted by Crippen LogP contribution is -2.21. The van der Waals surface area contributed by atoms with Crippen molar-refractivity contribution >= 4 is 5.97 Å². The third-order valence-electron chi connectivity index (χ3n) is 2.53. The van der Waals surface area contributed by atoms with Crippen LogP contribution in [-0.2, 0) is 19.0 Å². The van der Waals surface area contributed by atoms with Gasteiger partial charge in [-0.05, 0) is 6.42 Å². The summed E-state index contributed by atoms with van der Waals surface area (Å²) in [5.41, 5.74) is 5.66. The molecule has 0 aliphatic heterocycles. The number of carbonyl (C=O) groups is 1. The summed E-state index contributed by atoms with van der Waals surface area (Å²) in [5, 5.41) is 0. The van der Waals surface area contributed by atoms with Crippen molar-refractivity contribution in [3.63, 3.8) is 0 Å². The van der Waals surface area contributed by atoms with Gasteiger partial charge >= 0.3 is 5.97 Å². The third-order valence-corrected chi connectivity index (χ3v) is 2.53. The van der Waals surface area contributed by atoms with Crippen LogP contribution in [0.15, 0.2) is 12.2 Å². The molecule has 5 nitrogen and oxygen atoms in total. The Labute approximate surface area is 102 Å². The highest BCUT2D eigenvalue weighted by Gasteiger charge is 2.23. The summed E-state index contributed by atoms with van der Waals surface area (Å²) >= 11 is 0. The quantitative estimate of drug-likeness (QED) is 0.381. The minimum Gasteiger partial charge on any atom is -0.465 e. The van der Waals surface area contributed by atoms with E-state index in [4.69, 9.17) is 19.9 Å². The van der Waals surface area contributed by atoms with E-state index in [1.54, 1.807) is 7.11 Å². The molecule has 0 saturated heterocycles. The summed E-state index contributed by atoms with van der Waals surface area (Å²) in [5.74, 6) is -0.356. The number of hydrogen-bond acceptors (Lipinski definition) is 5. The Morgan fingerprint density at radius 1 is 1.29 bits per heavy atom. The molecule has 0 bridgehead atoms. The van der Waals surface area contributed by atoms with Crippen molar-refractivity contribution < 1.29 is 19.0 Å². The second kappa shape index (κ2) is 8.22. The highest BCUT2D eigenvalue weighted by atomic mass is 16.5. The van der Waals surface area contributed by atoms with Crippen molar-refractivity contribution in [2.45, 2.75) is 18.9 Å². The Kier molecular flexibility index (Phi) is 6.84. The molecule has 98 valence electrons. The Hall–Kier alpha value is -0.910. The van der Waals surface area contributed by atoms with E-state index in [-0.39, 0.29) is 17.9 Å².